The SMILES string of the molecule is CC(C)[C@H](N=[N+]=[N-])C(=O)CCc1cc([N+](=O)[O-])ccn1. The van der Waals surface area contributed by atoms with E-state index in [9.17, 15) is 14.9 Å². The molecule has 0 bridgehead atoms. The predicted octanol–water partition coefficient (Wildman–Crippen LogP) is 2.83. The Hall–Kier alpha value is -2.47. The first kappa shape index (κ1) is 15.6. The number of hydrogen-bond donors (Lipinski definition) is 0. The Labute approximate surface area is 115 Å². The molecule has 0 unspecified atom stereocenters. The molecule has 0 saturated heterocycles. The molecule has 20 heavy (non-hydrogen) atoms. The van der Waals surface area contributed by atoms with Crippen molar-refractivity contribution in [1.29, 1.82) is 0 Å². The number of ketones is 1. The van der Waals surface area contributed by atoms with Gasteiger partial charge in [0.1, 0.15) is 5.78 Å². The quantitative estimate of drug-likeness (QED) is 0.250. The van der Waals surface area contributed by atoms with Crippen LogP contribution >= 0.6 is 0 Å². The Kier molecular flexibility index (Phi) is 5.61. The number of carbonyl (C=O) groups is 1. The second-order valence-electron chi connectivity index (χ2n) is 4.62. The molecule has 1 rings (SSSR count). The zero-order valence-electron chi connectivity index (χ0n) is 11.3. The Morgan fingerprint density at radius 1 is 1.60 bits per heavy atom. The molecule has 8 heteroatoms. The molecule has 0 fully saturated rings. The third-order valence-corrected chi connectivity index (χ3v) is 2.78. The standard InChI is InChI=1S/C12H15N5O3/c1-8(2)12(15-16-13)11(18)4-3-9-7-10(17(19)20)5-6-14-9/h5-8,12H,3-4H2,1-2H3/t12-/m0/s1. The first-order valence-corrected chi connectivity index (χ1v) is 6.12. The molecule has 1 atom stereocenters. The number of carbonyl (C=O) groups excluding carboxylic acids is 1. The summed E-state index contributed by atoms with van der Waals surface area (Å²) in [5.74, 6) is -0.275. The first-order chi connectivity index (χ1) is 9.45. The van der Waals surface area contributed by atoms with Crippen LogP contribution in [0.1, 0.15) is 26.0 Å². The zero-order valence-corrected chi connectivity index (χ0v) is 11.3. The summed E-state index contributed by atoms with van der Waals surface area (Å²) in [7, 11) is 0. The highest BCUT2D eigenvalue weighted by Crippen LogP contribution is 2.15. The highest BCUT2D eigenvalue weighted by Gasteiger charge is 2.20. The molecule has 8 nitrogen and oxygen atoms in total. The average Bonchev–Trinajstić information content (AvgIpc) is 2.42. The van der Waals surface area contributed by atoms with Gasteiger partial charge < -0.3 is 0 Å². The van der Waals surface area contributed by atoms with Crippen molar-refractivity contribution >= 4 is 11.5 Å². The minimum Gasteiger partial charge on any atom is -0.299 e. The Morgan fingerprint density at radius 3 is 2.85 bits per heavy atom. The van der Waals surface area contributed by atoms with Crippen molar-refractivity contribution in [1.82, 2.24) is 4.98 Å². The van der Waals surface area contributed by atoms with Gasteiger partial charge in [0, 0.05) is 35.4 Å². The number of aromatic nitrogens is 1. The van der Waals surface area contributed by atoms with Crippen molar-refractivity contribution in [2.75, 3.05) is 0 Å². The molecular formula is C12H15N5O3. The Morgan fingerprint density at radius 2 is 2.30 bits per heavy atom. The van der Waals surface area contributed by atoms with Crippen LogP contribution in [0.2, 0.25) is 0 Å². The van der Waals surface area contributed by atoms with E-state index in [-0.39, 0.29) is 30.2 Å². The van der Waals surface area contributed by atoms with Gasteiger partial charge in [0.05, 0.1) is 11.0 Å². The predicted molar refractivity (Wildman–Crippen MR) is 72.0 cm³/mol. The average molecular weight is 277 g/mol. The lowest BCUT2D eigenvalue weighted by molar-refractivity contribution is -0.385. The second kappa shape index (κ2) is 7.20. The summed E-state index contributed by atoms with van der Waals surface area (Å²) in [6.45, 7) is 3.59. The molecule has 0 aliphatic carbocycles. The number of nitrogens with zero attached hydrogens (tertiary/aromatic N) is 5. The van der Waals surface area contributed by atoms with E-state index in [0.717, 1.165) is 0 Å². The van der Waals surface area contributed by atoms with E-state index in [1.54, 1.807) is 13.8 Å². The van der Waals surface area contributed by atoms with Crippen LogP contribution < -0.4 is 0 Å². The van der Waals surface area contributed by atoms with Crippen molar-refractivity contribution in [2.45, 2.75) is 32.7 Å². The van der Waals surface area contributed by atoms with Crippen LogP contribution in [-0.4, -0.2) is 21.7 Å². The van der Waals surface area contributed by atoms with Gasteiger partial charge in [-0.3, -0.25) is 19.9 Å². The Bertz CT molecular complexity index is 552. The van der Waals surface area contributed by atoms with Gasteiger partial charge in [-0.15, -0.1) is 0 Å². The maximum atomic E-state index is 11.9. The largest absolute Gasteiger partial charge is 0.299 e. The van der Waals surface area contributed by atoms with E-state index in [2.05, 4.69) is 15.0 Å². The molecule has 0 aromatic carbocycles. The van der Waals surface area contributed by atoms with Crippen LogP contribution in [0.25, 0.3) is 10.4 Å². The lowest BCUT2D eigenvalue weighted by atomic mass is 9.97. The summed E-state index contributed by atoms with van der Waals surface area (Å²) >= 11 is 0. The normalized spacial score (nSPS) is 11.8. The van der Waals surface area contributed by atoms with Gasteiger partial charge in [-0.1, -0.05) is 19.0 Å². The van der Waals surface area contributed by atoms with Crippen LogP contribution in [0.4, 0.5) is 5.69 Å². The molecule has 0 saturated carbocycles. The topological polar surface area (TPSA) is 122 Å². The fraction of sp³-hybridized carbons (Fsp3) is 0.500. The summed E-state index contributed by atoms with van der Waals surface area (Å²) < 4.78 is 0. The highest BCUT2D eigenvalue weighted by molar-refractivity contribution is 5.84. The number of pyridine rings is 1. The van der Waals surface area contributed by atoms with E-state index in [0.29, 0.717) is 5.69 Å². The number of azide groups is 1. The van der Waals surface area contributed by atoms with Gasteiger partial charge in [0.15, 0.2) is 0 Å². The summed E-state index contributed by atoms with van der Waals surface area (Å²) in [6, 6.07) is 1.92. The smallest absolute Gasteiger partial charge is 0.272 e. The van der Waals surface area contributed by atoms with Crippen LogP contribution in [0.15, 0.2) is 23.4 Å². The number of aryl methyl sites for hydroxylation is 1. The molecule has 0 N–H and O–H groups in total. The number of Topliss-reactive ketones (excluding diaryl/α,β-unsaturated/α-hetero) is 1. The molecular weight excluding hydrogens is 262 g/mol. The fourth-order valence-corrected chi connectivity index (χ4v) is 1.74. The van der Waals surface area contributed by atoms with E-state index < -0.39 is 11.0 Å². The molecule has 0 spiro atoms. The molecule has 1 aromatic rings. The zero-order chi connectivity index (χ0) is 15.1. The lowest BCUT2D eigenvalue weighted by Gasteiger charge is -2.13. The minimum absolute atomic E-state index is 0.0575. The lowest BCUT2D eigenvalue weighted by Crippen LogP contribution is -2.24. The third kappa shape index (κ3) is 4.33. The van der Waals surface area contributed by atoms with E-state index in [1.807, 2.05) is 0 Å². The molecule has 0 amide bonds. The van der Waals surface area contributed by atoms with Crippen LogP contribution in [0, 0.1) is 16.0 Å². The van der Waals surface area contributed by atoms with Crippen LogP contribution in [0.5, 0.6) is 0 Å². The van der Waals surface area contributed by atoms with E-state index in [4.69, 9.17) is 5.53 Å². The molecule has 0 aliphatic rings. The maximum Gasteiger partial charge on any atom is 0.272 e. The number of nitro groups is 1. The molecule has 0 aliphatic heterocycles. The van der Waals surface area contributed by atoms with E-state index in [1.165, 1.54) is 18.3 Å². The van der Waals surface area contributed by atoms with Gasteiger partial charge in [-0.2, -0.15) is 0 Å². The van der Waals surface area contributed by atoms with Gasteiger partial charge in [-0.25, -0.2) is 0 Å². The van der Waals surface area contributed by atoms with Crippen molar-refractivity contribution in [3.8, 4) is 0 Å². The molecule has 1 aromatic heterocycles. The number of rotatable bonds is 7. The van der Waals surface area contributed by atoms with Crippen LogP contribution in [-0.2, 0) is 11.2 Å². The Balaban J connectivity index is 2.71. The minimum atomic E-state index is -0.710. The van der Waals surface area contributed by atoms with Gasteiger partial charge in [0.25, 0.3) is 5.69 Å². The maximum absolute atomic E-state index is 11.9. The first-order valence-electron chi connectivity index (χ1n) is 6.12. The summed E-state index contributed by atoms with van der Waals surface area (Å²) in [5, 5.41) is 14.1. The molecule has 106 valence electrons. The van der Waals surface area contributed by atoms with Gasteiger partial charge in [-0.05, 0) is 17.9 Å². The summed E-state index contributed by atoms with van der Waals surface area (Å²) in [5.41, 5.74) is 8.85. The summed E-state index contributed by atoms with van der Waals surface area (Å²) in [6.07, 6.45) is 1.76. The van der Waals surface area contributed by atoms with Crippen molar-refractivity contribution < 1.29 is 9.72 Å². The third-order valence-electron chi connectivity index (χ3n) is 2.78. The van der Waals surface area contributed by atoms with Gasteiger partial charge >= 0.3 is 0 Å². The summed E-state index contributed by atoms with van der Waals surface area (Å²) in [4.78, 5) is 28.7. The van der Waals surface area contributed by atoms with Crippen molar-refractivity contribution in [2.24, 2.45) is 11.0 Å². The van der Waals surface area contributed by atoms with Crippen LogP contribution in [0.3, 0.4) is 0 Å². The molecule has 1 heterocycles. The molecule has 0 radical (unpaired) electrons. The number of hydrogen-bond acceptors (Lipinski definition) is 5. The monoisotopic (exact) mass is 277 g/mol. The fourth-order valence-electron chi connectivity index (χ4n) is 1.74. The van der Waals surface area contributed by atoms with Crippen molar-refractivity contribution in [3.05, 3.63) is 44.6 Å². The van der Waals surface area contributed by atoms with Crippen molar-refractivity contribution in [3.63, 3.8) is 0 Å². The highest BCUT2D eigenvalue weighted by atomic mass is 16.6. The van der Waals surface area contributed by atoms with E-state index >= 15 is 0 Å². The second-order valence-corrected chi connectivity index (χ2v) is 4.62. The van der Waals surface area contributed by atoms with Gasteiger partial charge in [0.2, 0.25) is 0 Å².